The molecule has 0 unspecified atom stereocenters. The molecule has 0 atom stereocenters. The summed E-state index contributed by atoms with van der Waals surface area (Å²) in [4.78, 5) is 0. The Kier molecular flexibility index (Phi) is 6.27. The van der Waals surface area contributed by atoms with Gasteiger partial charge in [0.1, 0.15) is 0 Å². The Morgan fingerprint density at radius 1 is 1.08 bits per heavy atom. The maximum absolute atomic E-state index is 2.46. The van der Waals surface area contributed by atoms with Gasteiger partial charge in [-0.25, -0.2) is 0 Å². The molecule has 0 saturated carbocycles. The van der Waals surface area contributed by atoms with Gasteiger partial charge >= 0.3 is 0 Å². The standard InChI is InChI=1S/C25H34/c1-8-13-19(9-2)23-16-21(18(3)4)22(17-24(23)25(5,6)7)20-14-11-10-12-15-20/h8-9,11,13-18H,10,12H2,1-7H3/b13-8-,19-9+. The smallest absolute Gasteiger partial charge is 0.0125 e. The van der Waals surface area contributed by atoms with Gasteiger partial charge in [-0.2, -0.15) is 0 Å². The molecule has 0 aromatic heterocycles. The minimum Gasteiger partial charge on any atom is -0.0871 e. The van der Waals surface area contributed by atoms with Crippen LogP contribution in [0, 0.1) is 0 Å². The Bertz CT molecular complexity index is 728. The van der Waals surface area contributed by atoms with E-state index in [1.54, 1.807) is 0 Å². The van der Waals surface area contributed by atoms with E-state index < -0.39 is 0 Å². The largest absolute Gasteiger partial charge is 0.0871 e. The van der Waals surface area contributed by atoms with E-state index in [1.807, 2.05) is 0 Å². The van der Waals surface area contributed by atoms with E-state index in [1.165, 1.54) is 33.4 Å². The highest BCUT2D eigenvalue weighted by atomic mass is 14.3. The first-order chi connectivity index (χ1) is 11.8. The molecule has 2 rings (SSSR count). The normalized spacial score (nSPS) is 16.0. The highest BCUT2D eigenvalue weighted by molar-refractivity contribution is 5.83. The van der Waals surface area contributed by atoms with Crippen LogP contribution in [0.25, 0.3) is 11.1 Å². The molecule has 0 N–H and O–H groups in total. The summed E-state index contributed by atoms with van der Waals surface area (Å²) >= 11 is 0. The van der Waals surface area contributed by atoms with Crippen molar-refractivity contribution in [2.45, 2.75) is 72.6 Å². The molecule has 0 saturated heterocycles. The van der Waals surface area contributed by atoms with Gasteiger partial charge in [0, 0.05) is 0 Å². The summed E-state index contributed by atoms with van der Waals surface area (Å²) in [6, 6.07) is 4.90. The lowest BCUT2D eigenvalue weighted by Crippen LogP contribution is -2.16. The third kappa shape index (κ3) is 4.42. The lowest BCUT2D eigenvalue weighted by Gasteiger charge is -2.28. The van der Waals surface area contributed by atoms with Crippen molar-refractivity contribution in [2.75, 3.05) is 0 Å². The Morgan fingerprint density at radius 3 is 2.28 bits per heavy atom. The summed E-state index contributed by atoms with van der Waals surface area (Å²) in [5, 5.41) is 0. The molecule has 1 aromatic rings. The lowest BCUT2D eigenvalue weighted by atomic mass is 9.77. The van der Waals surface area contributed by atoms with Gasteiger partial charge in [0.15, 0.2) is 0 Å². The van der Waals surface area contributed by atoms with Crippen LogP contribution in [0.3, 0.4) is 0 Å². The Labute approximate surface area is 155 Å². The second-order valence-electron chi connectivity index (χ2n) is 8.27. The molecule has 134 valence electrons. The van der Waals surface area contributed by atoms with Gasteiger partial charge in [-0.3, -0.25) is 0 Å². The van der Waals surface area contributed by atoms with Gasteiger partial charge in [-0.05, 0) is 83.6 Å². The highest BCUT2D eigenvalue weighted by Gasteiger charge is 2.23. The Balaban J connectivity index is 2.79. The van der Waals surface area contributed by atoms with E-state index in [2.05, 4.69) is 97.1 Å². The zero-order valence-electron chi connectivity index (χ0n) is 17.1. The molecule has 0 aliphatic heterocycles. The first-order valence-electron chi connectivity index (χ1n) is 9.64. The van der Waals surface area contributed by atoms with Crippen LogP contribution in [0.15, 0.2) is 48.6 Å². The summed E-state index contributed by atoms with van der Waals surface area (Å²) in [5.74, 6) is 0.503. The van der Waals surface area contributed by atoms with E-state index in [9.17, 15) is 0 Å². The molecule has 1 aromatic carbocycles. The average Bonchev–Trinajstić information content (AvgIpc) is 2.58. The topological polar surface area (TPSA) is 0 Å². The quantitative estimate of drug-likeness (QED) is 0.492. The van der Waals surface area contributed by atoms with Crippen molar-refractivity contribution in [3.63, 3.8) is 0 Å². The van der Waals surface area contributed by atoms with E-state index in [0.29, 0.717) is 5.92 Å². The monoisotopic (exact) mass is 334 g/mol. The Hall–Kier alpha value is -1.82. The van der Waals surface area contributed by atoms with E-state index >= 15 is 0 Å². The SMILES string of the molecule is C/C=C\C(=C/C)c1cc(C(C)C)c(C2=CCCC=C2)cc1C(C)(C)C. The third-order valence-corrected chi connectivity index (χ3v) is 4.89. The molecule has 0 fully saturated rings. The molecule has 1 aliphatic carbocycles. The first kappa shape index (κ1) is 19.5. The summed E-state index contributed by atoms with van der Waals surface area (Å²) in [6.07, 6.45) is 15.9. The second kappa shape index (κ2) is 8.04. The van der Waals surface area contributed by atoms with Crippen LogP contribution in [-0.4, -0.2) is 0 Å². The number of hydrogen-bond acceptors (Lipinski definition) is 0. The first-order valence-corrected chi connectivity index (χ1v) is 9.64. The Morgan fingerprint density at radius 2 is 1.80 bits per heavy atom. The molecule has 0 nitrogen and oxygen atoms in total. The summed E-state index contributed by atoms with van der Waals surface area (Å²) in [6.45, 7) is 15.8. The molecule has 0 heterocycles. The second-order valence-corrected chi connectivity index (χ2v) is 8.27. The molecule has 0 heteroatoms. The van der Waals surface area contributed by atoms with Crippen LogP contribution in [0.5, 0.6) is 0 Å². The van der Waals surface area contributed by atoms with Crippen LogP contribution in [0.1, 0.15) is 89.5 Å². The molecular weight excluding hydrogens is 300 g/mol. The van der Waals surface area contributed by atoms with Crippen molar-refractivity contribution in [1.82, 2.24) is 0 Å². The molecule has 0 radical (unpaired) electrons. The van der Waals surface area contributed by atoms with Crippen molar-refractivity contribution in [2.24, 2.45) is 0 Å². The number of hydrogen-bond donors (Lipinski definition) is 0. The van der Waals surface area contributed by atoms with Gasteiger partial charge in [-0.1, -0.05) is 71.1 Å². The molecule has 25 heavy (non-hydrogen) atoms. The van der Waals surface area contributed by atoms with E-state index in [0.717, 1.165) is 12.8 Å². The van der Waals surface area contributed by atoms with Gasteiger partial charge in [0.05, 0.1) is 0 Å². The molecular formula is C25H34. The zero-order valence-corrected chi connectivity index (χ0v) is 17.1. The fraction of sp³-hybridized carbons (Fsp3) is 0.440. The number of allylic oxidation sites excluding steroid dienone is 8. The number of benzene rings is 1. The fourth-order valence-electron chi connectivity index (χ4n) is 3.54. The van der Waals surface area contributed by atoms with Gasteiger partial charge in [0.2, 0.25) is 0 Å². The van der Waals surface area contributed by atoms with Crippen molar-refractivity contribution >= 4 is 11.1 Å². The van der Waals surface area contributed by atoms with Crippen molar-refractivity contribution in [3.8, 4) is 0 Å². The van der Waals surface area contributed by atoms with Crippen LogP contribution in [-0.2, 0) is 5.41 Å². The minimum atomic E-state index is 0.106. The van der Waals surface area contributed by atoms with E-state index in [-0.39, 0.29) is 5.41 Å². The van der Waals surface area contributed by atoms with Gasteiger partial charge in [0.25, 0.3) is 0 Å². The van der Waals surface area contributed by atoms with Crippen molar-refractivity contribution < 1.29 is 0 Å². The summed E-state index contributed by atoms with van der Waals surface area (Å²) < 4.78 is 0. The predicted molar refractivity (Wildman–Crippen MR) is 114 cm³/mol. The van der Waals surface area contributed by atoms with E-state index in [4.69, 9.17) is 0 Å². The fourth-order valence-corrected chi connectivity index (χ4v) is 3.54. The maximum Gasteiger partial charge on any atom is -0.0125 e. The predicted octanol–water partition coefficient (Wildman–Crippen LogP) is 7.82. The van der Waals surface area contributed by atoms with Gasteiger partial charge in [-0.15, -0.1) is 0 Å². The zero-order chi connectivity index (χ0) is 18.6. The molecule has 0 amide bonds. The highest BCUT2D eigenvalue weighted by Crippen LogP contribution is 2.38. The lowest BCUT2D eigenvalue weighted by molar-refractivity contribution is 0.588. The van der Waals surface area contributed by atoms with Crippen molar-refractivity contribution in [3.05, 3.63) is 70.8 Å². The third-order valence-electron chi connectivity index (χ3n) is 4.89. The van der Waals surface area contributed by atoms with Crippen LogP contribution in [0.4, 0.5) is 0 Å². The van der Waals surface area contributed by atoms with Crippen molar-refractivity contribution in [1.29, 1.82) is 0 Å². The van der Waals surface area contributed by atoms with Crippen LogP contribution in [0.2, 0.25) is 0 Å². The average molecular weight is 335 g/mol. The van der Waals surface area contributed by atoms with Gasteiger partial charge < -0.3 is 0 Å². The number of rotatable bonds is 4. The summed E-state index contributed by atoms with van der Waals surface area (Å²) in [7, 11) is 0. The molecule has 0 bridgehead atoms. The molecule has 0 spiro atoms. The summed E-state index contributed by atoms with van der Waals surface area (Å²) in [5.41, 5.74) is 8.47. The van der Waals surface area contributed by atoms with Crippen LogP contribution < -0.4 is 0 Å². The molecule has 1 aliphatic rings. The maximum atomic E-state index is 2.46. The van der Waals surface area contributed by atoms with Crippen LogP contribution >= 0.6 is 0 Å². The minimum absolute atomic E-state index is 0.106.